The maximum absolute atomic E-state index is 14.0. The number of ether oxygens (including phenoxy) is 1. The number of benzene rings is 3. The number of hydrogen-bond acceptors (Lipinski definition) is 5. The first-order valence-electron chi connectivity index (χ1n) is 13.0. The van der Waals surface area contributed by atoms with Crippen molar-refractivity contribution in [2.75, 3.05) is 24.5 Å². The largest absolute Gasteiger partial charge is 0.496 e. The van der Waals surface area contributed by atoms with Crippen LogP contribution < -0.4 is 14.4 Å². The topological polar surface area (TPSA) is 96.0 Å². The van der Waals surface area contributed by atoms with Crippen LogP contribution in [0.5, 0.6) is 5.75 Å². The highest BCUT2D eigenvalue weighted by Crippen LogP contribution is 2.31. The summed E-state index contributed by atoms with van der Waals surface area (Å²) >= 11 is 3.36. The van der Waals surface area contributed by atoms with Crippen LogP contribution in [-0.2, 0) is 26.2 Å². The Morgan fingerprint density at radius 1 is 1.00 bits per heavy atom. The lowest BCUT2D eigenvalue weighted by Crippen LogP contribution is -2.51. The van der Waals surface area contributed by atoms with Gasteiger partial charge in [0.1, 0.15) is 18.3 Å². The molecule has 0 bridgehead atoms. The highest BCUT2D eigenvalue weighted by atomic mass is 79.9. The molecule has 3 aromatic rings. The van der Waals surface area contributed by atoms with Gasteiger partial charge >= 0.3 is 0 Å². The Morgan fingerprint density at radius 2 is 1.70 bits per heavy atom. The number of halogens is 1. The van der Waals surface area contributed by atoms with E-state index in [1.807, 2.05) is 45.0 Å². The fraction of sp³-hybridized carbons (Fsp3) is 0.333. The van der Waals surface area contributed by atoms with Gasteiger partial charge in [-0.25, -0.2) is 8.42 Å². The normalized spacial score (nSPS) is 11.9. The molecule has 0 heterocycles. The van der Waals surface area contributed by atoms with Crippen LogP contribution in [0.3, 0.4) is 0 Å². The van der Waals surface area contributed by atoms with E-state index in [0.29, 0.717) is 22.5 Å². The molecule has 10 heteroatoms. The lowest BCUT2D eigenvalue weighted by atomic mass is 10.1. The molecule has 0 saturated carbocycles. The zero-order valence-corrected chi connectivity index (χ0v) is 25.9. The number of carbonyl (C=O) groups is 2. The van der Waals surface area contributed by atoms with Gasteiger partial charge < -0.3 is 15.0 Å². The highest BCUT2D eigenvalue weighted by Gasteiger charge is 2.32. The van der Waals surface area contributed by atoms with Gasteiger partial charge in [-0.15, -0.1) is 0 Å². The molecule has 0 spiro atoms. The molecule has 2 amide bonds. The maximum Gasteiger partial charge on any atom is 0.264 e. The first kappa shape index (κ1) is 31.2. The minimum Gasteiger partial charge on any atom is -0.496 e. The van der Waals surface area contributed by atoms with Crippen molar-refractivity contribution < 1.29 is 22.7 Å². The number of nitrogens with one attached hydrogen (secondary N) is 1. The minimum atomic E-state index is -4.18. The van der Waals surface area contributed by atoms with E-state index in [9.17, 15) is 18.0 Å². The lowest BCUT2D eigenvalue weighted by molar-refractivity contribution is -0.139. The van der Waals surface area contributed by atoms with Crippen LogP contribution in [0.15, 0.2) is 76.1 Å². The molecule has 0 saturated heterocycles. The number of sulfonamides is 1. The Labute approximate surface area is 245 Å². The molecule has 0 unspecified atom stereocenters. The van der Waals surface area contributed by atoms with Crippen LogP contribution in [0, 0.1) is 13.8 Å². The van der Waals surface area contributed by atoms with Crippen LogP contribution in [0.2, 0.25) is 0 Å². The second-order valence-electron chi connectivity index (χ2n) is 9.62. The summed E-state index contributed by atoms with van der Waals surface area (Å²) in [6.45, 7) is 7.59. The maximum atomic E-state index is 14.0. The lowest BCUT2D eigenvalue weighted by Gasteiger charge is -2.32. The fourth-order valence-corrected chi connectivity index (χ4v) is 6.29. The standard InChI is InChI=1S/C30H36BrN3O5S/c1-6-16-32-30(36)23(4)33(19-24-9-7-8-22(3)17-24)29(35)20-34(25-12-10-21(2)11-13-25)40(37,38)26-14-15-28(39-5)27(31)18-26/h7-15,17-18,23H,6,16,19-20H2,1-5H3,(H,32,36)/t23-/m1/s1. The Kier molecular flexibility index (Phi) is 10.8. The first-order chi connectivity index (χ1) is 19.0. The first-order valence-corrected chi connectivity index (χ1v) is 15.3. The van der Waals surface area contributed by atoms with Crippen LogP contribution in [-0.4, -0.2) is 51.4 Å². The van der Waals surface area contributed by atoms with Gasteiger partial charge in [0.05, 0.1) is 22.2 Å². The van der Waals surface area contributed by atoms with Crippen molar-refractivity contribution in [3.63, 3.8) is 0 Å². The second-order valence-corrected chi connectivity index (χ2v) is 12.3. The molecule has 0 aliphatic rings. The van der Waals surface area contributed by atoms with Crippen molar-refractivity contribution in [1.82, 2.24) is 10.2 Å². The van der Waals surface area contributed by atoms with Gasteiger partial charge in [0.2, 0.25) is 11.8 Å². The summed E-state index contributed by atoms with van der Waals surface area (Å²) in [7, 11) is -2.69. The third-order valence-corrected chi connectivity index (χ3v) is 8.85. The van der Waals surface area contributed by atoms with Gasteiger partial charge in [-0.2, -0.15) is 0 Å². The van der Waals surface area contributed by atoms with Crippen LogP contribution >= 0.6 is 15.9 Å². The minimum absolute atomic E-state index is 0.00692. The molecule has 8 nitrogen and oxygen atoms in total. The summed E-state index contributed by atoms with van der Waals surface area (Å²) in [5.74, 6) is -0.322. The third-order valence-electron chi connectivity index (χ3n) is 6.46. The van der Waals surface area contributed by atoms with E-state index < -0.39 is 28.5 Å². The molecule has 40 heavy (non-hydrogen) atoms. The summed E-state index contributed by atoms with van der Waals surface area (Å²) in [6.07, 6.45) is 0.751. The number of carbonyl (C=O) groups excluding carboxylic acids is 2. The Hall–Kier alpha value is -3.37. The number of anilines is 1. The summed E-state index contributed by atoms with van der Waals surface area (Å²) in [4.78, 5) is 28.3. The van der Waals surface area contributed by atoms with Crippen LogP contribution in [0.25, 0.3) is 0 Å². The number of methoxy groups -OCH3 is 1. The summed E-state index contributed by atoms with van der Waals surface area (Å²) in [6, 6.07) is 18.2. The van der Waals surface area contributed by atoms with Gasteiger partial charge in [0, 0.05) is 13.1 Å². The number of amides is 2. The molecule has 0 aliphatic heterocycles. The van der Waals surface area contributed by atoms with E-state index in [1.54, 1.807) is 37.3 Å². The molecule has 0 aromatic heterocycles. The Balaban J connectivity index is 2.04. The zero-order chi connectivity index (χ0) is 29.4. The predicted molar refractivity (Wildman–Crippen MR) is 161 cm³/mol. The Morgan fingerprint density at radius 3 is 2.30 bits per heavy atom. The average Bonchev–Trinajstić information content (AvgIpc) is 2.93. The molecule has 0 fully saturated rings. The number of hydrogen-bond donors (Lipinski definition) is 1. The summed E-state index contributed by atoms with van der Waals surface area (Å²) in [5, 5.41) is 2.85. The van der Waals surface area contributed by atoms with Gasteiger partial charge in [-0.1, -0.05) is 54.4 Å². The number of nitrogens with zero attached hydrogens (tertiary/aromatic N) is 2. The van der Waals surface area contributed by atoms with Crippen LogP contribution in [0.1, 0.15) is 37.0 Å². The van der Waals surface area contributed by atoms with Gasteiger partial charge in [-0.05, 0) is 79.0 Å². The predicted octanol–water partition coefficient (Wildman–Crippen LogP) is 5.21. The molecule has 214 valence electrons. The highest BCUT2D eigenvalue weighted by molar-refractivity contribution is 9.10. The molecule has 0 radical (unpaired) electrons. The van der Waals surface area contributed by atoms with Gasteiger partial charge in [0.15, 0.2) is 0 Å². The molecule has 1 N–H and O–H groups in total. The van der Waals surface area contributed by atoms with E-state index >= 15 is 0 Å². The van der Waals surface area contributed by atoms with E-state index in [1.165, 1.54) is 24.1 Å². The van der Waals surface area contributed by atoms with Crippen molar-refractivity contribution in [3.8, 4) is 5.75 Å². The fourth-order valence-electron chi connectivity index (χ4n) is 4.16. The van der Waals surface area contributed by atoms with E-state index in [2.05, 4.69) is 21.2 Å². The van der Waals surface area contributed by atoms with E-state index in [-0.39, 0.29) is 17.3 Å². The monoisotopic (exact) mass is 629 g/mol. The van der Waals surface area contributed by atoms with Crippen molar-refractivity contribution in [3.05, 3.63) is 87.9 Å². The molecule has 3 rings (SSSR count). The van der Waals surface area contributed by atoms with Crippen molar-refractivity contribution in [2.24, 2.45) is 0 Å². The zero-order valence-electron chi connectivity index (χ0n) is 23.5. The molecule has 3 aromatic carbocycles. The average molecular weight is 631 g/mol. The number of aryl methyl sites for hydroxylation is 2. The summed E-state index contributed by atoms with van der Waals surface area (Å²) in [5.41, 5.74) is 3.14. The number of rotatable bonds is 12. The summed E-state index contributed by atoms with van der Waals surface area (Å²) < 4.78 is 34.8. The van der Waals surface area contributed by atoms with E-state index in [4.69, 9.17) is 4.74 Å². The smallest absolute Gasteiger partial charge is 0.264 e. The van der Waals surface area contributed by atoms with Gasteiger partial charge in [-0.3, -0.25) is 13.9 Å². The third kappa shape index (κ3) is 7.63. The van der Waals surface area contributed by atoms with Crippen molar-refractivity contribution in [1.29, 1.82) is 0 Å². The van der Waals surface area contributed by atoms with Crippen molar-refractivity contribution in [2.45, 2.75) is 51.6 Å². The van der Waals surface area contributed by atoms with Crippen molar-refractivity contribution >= 4 is 43.5 Å². The molecule has 0 aliphatic carbocycles. The van der Waals surface area contributed by atoms with Gasteiger partial charge in [0.25, 0.3) is 10.0 Å². The molecule has 1 atom stereocenters. The van der Waals surface area contributed by atoms with E-state index in [0.717, 1.165) is 27.4 Å². The molecular weight excluding hydrogens is 594 g/mol. The second kappa shape index (κ2) is 13.8. The molecular formula is C30H36BrN3O5S. The quantitative estimate of drug-likeness (QED) is 0.297. The Bertz CT molecular complexity index is 1440. The van der Waals surface area contributed by atoms with Crippen LogP contribution in [0.4, 0.5) is 5.69 Å². The SMILES string of the molecule is CCCNC(=O)[C@@H](C)N(Cc1cccc(C)c1)C(=O)CN(c1ccc(C)cc1)S(=O)(=O)c1ccc(OC)c(Br)c1.